The van der Waals surface area contributed by atoms with Gasteiger partial charge in [0, 0.05) is 18.7 Å². The lowest BCUT2D eigenvalue weighted by Crippen LogP contribution is -2.45. The molecule has 1 unspecified atom stereocenters. The van der Waals surface area contributed by atoms with Gasteiger partial charge >= 0.3 is 0 Å². The van der Waals surface area contributed by atoms with Gasteiger partial charge in [0.1, 0.15) is 6.04 Å². The van der Waals surface area contributed by atoms with Crippen molar-refractivity contribution in [3.05, 3.63) is 53.6 Å². The van der Waals surface area contributed by atoms with E-state index in [-0.39, 0.29) is 11.8 Å². The Labute approximate surface area is 165 Å². The fraction of sp³-hybridized carbons (Fsp3) is 0.364. The Morgan fingerprint density at radius 1 is 1.11 bits per heavy atom. The first-order valence-electron chi connectivity index (χ1n) is 9.41. The summed E-state index contributed by atoms with van der Waals surface area (Å²) in [4.78, 5) is 26.6. The highest BCUT2D eigenvalue weighted by molar-refractivity contribution is 6.03. The molecule has 28 heavy (non-hydrogen) atoms. The number of aryl methyl sites for hydroxylation is 1. The van der Waals surface area contributed by atoms with E-state index in [1.165, 1.54) is 0 Å². The maximum absolute atomic E-state index is 12.7. The standard InChI is InChI=1S/C22H26N2O4/c1-15-4-7-17(8-5-15)24-18(9-11-21(24)25)22(26)23-13-12-16-6-10-19(27-2)20(14-16)28-3/h4-8,10,14,18H,9,11-13H2,1-3H3,(H,23,26). The predicted octanol–water partition coefficient (Wildman–Crippen LogP) is 2.87. The van der Waals surface area contributed by atoms with Gasteiger partial charge < -0.3 is 14.8 Å². The third kappa shape index (κ3) is 4.27. The molecule has 0 saturated carbocycles. The number of anilines is 1. The fourth-order valence-corrected chi connectivity index (χ4v) is 3.45. The van der Waals surface area contributed by atoms with E-state index in [1.807, 2.05) is 49.4 Å². The lowest BCUT2D eigenvalue weighted by Gasteiger charge is -2.24. The van der Waals surface area contributed by atoms with Gasteiger partial charge in [0.05, 0.1) is 14.2 Å². The first-order chi connectivity index (χ1) is 13.5. The largest absolute Gasteiger partial charge is 0.493 e. The number of carbonyl (C=O) groups is 2. The second kappa shape index (κ2) is 8.78. The minimum atomic E-state index is -0.458. The van der Waals surface area contributed by atoms with Crippen LogP contribution in [0, 0.1) is 6.92 Å². The lowest BCUT2D eigenvalue weighted by atomic mass is 10.1. The molecule has 0 spiro atoms. The molecule has 1 fully saturated rings. The number of methoxy groups -OCH3 is 2. The molecule has 2 aromatic rings. The van der Waals surface area contributed by atoms with Crippen molar-refractivity contribution in [2.24, 2.45) is 0 Å². The highest BCUT2D eigenvalue weighted by Gasteiger charge is 2.36. The molecule has 1 saturated heterocycles. The zero-order valence-corrected chi connectivity index (χ0v) is 16.5. The van der Waals surface area contributed by atoms with Crippen LogP contribution in [0.1, 0.15) is 24.0 Å². The van der Waals surface area contributed by atoms with Crippen LogP contribution in [0.25, 0.3) is 0 Å². The smallest absolute Gasteiger partial charge is 0.243 e. The van der Waals surface area contributed by atoms with E-state index in [1.54, 1.807) is 19.1 Å². The van der Waals surface area contributed by atoms with Crippen molar-refractivity contribution >= 4 is 17.5 Å². The molecule has 0 bridgehead atoms. The summed E-state index contributed by atoms with van der Waals surface area (Å²) in [5.41, 5.74) is 2.93. The van der Waals surface area contributed by atoms with Crippen LogP contribution in [0.15, 0.2) is 42.5 Å². The number of rotatable bonds is 7. The highest BCUT2D eigenvalue weighted by atomic mass is 16.5. The van der Waals surface area contributed by atoms with Crippen molar-refractivity contribution in [2.45, 2.75) is 32.2 Å². The first kappa shape index (κ1) is 19.7. The third-order valence-electron chi connectivity index (χ3n) is 4.99. The van der Waals surface area contributed by atoms with E-state index < -0.39 is 6.04 Å². The molecule has 0 radical (unpaired) electrons. The minimum absolute atomic E-state index is 0.0103. The Kier molecular flexibility index (Phi) is 6.19. The Hall–Kier alpha value is -3.02. The molecule has 3 rings (SSSR count). The summed E-state index contributed by atoms with van der Waals surface area (Å²) in [6, 6.07) is 12.9. The van der Waals surface area contributed by atoms with E-state index in [0.29, 0.717) is 37.3 Å². The van der Waals surface area contributed by atoms with Crippen LogP contribution < -0.4 is 19.7 Å². The average Bonchev–Trinajstić information content (AvgIpc) is 3.10. The highest BCUT2D eigenvalue weighted by Crippen LogP contribution is 2.28. The predicted molar refractivity (Wildman–Crippen MR) is 108 cm³/mol. The van der Waals surface area contributed by atoms with Crippen LogP contribution in [-0.4, -0.2) is 38.6 Å². The molecule has 148 valence electrons. The Bertz CT molecular complexity index is 848. The van der Waals surface area contributed by atoms with Gasteiger partial charge in [-0.2, -0.15) is 0 Å². The number of hydrogen-bond acceptors (Lipinski definition) is 4. The Balaban J connectivity index is 1.61. The summed E-state index contributed by atoms with van der Waals surface area (Å²) in [6.07, 6.45) is 1.59. The molecule has 0 aromatic heterocycles. The van der Waals surface area contributed by atoms with Crippen LogP contribution in [0.4, 0.5) is 5.69 Å². The van der Waals surface area contributed by atoms with Gasteiger partial charge in [0.15, 0.2) is 11.5 Å². The zero-order chi connectivity index (χ0) is 20.1. The number of ether oxygens (including phenoxy) is 2. The third-order valence-corrected chi connectivity index (χ3v) is 4.99. The number of benzene rings is 2. The van der Waals surface area contributed by atoms with Crippen LogP contribution in [-0.2, 0) is 16.0 Å². The van der Waals surface area contributed by atoms with Gasteiger partial charge in [0.25, 0.3) is 0 Å². The van der Waals surface area contributed by atoms with Crippen LogP contribution in [0.2, 0.25) is 0 Å². The van der Waals surface area contributed by atoms with Crippen molar-refractivity contribution in [1.82, 2.24) is 5.32 Å². The molecule has 1 aliphatic heterocycles. The van der Waals surface area contributed by atoms with E-state index in [9.17, 15) is 9.59 Å². The molecular weight excluding hydrogens is 356 g/mol. The van der Waals surface area contributed by atoms with Gasteiger partial charge in [-0.05, 0) is 49.6 Å². The van der Waals surface area contributed by atoms with E-state index in [2.05, 4.69) is 5.32 Å². The maximum atomic E-state index is 12.7. The van der Waals surface area contributed by atoms with E-state index in [0.717, 1.165) is 16.8 Å². The number of hydrogen-bond donors (Lipinski definition) is 1. The topological polar surface area (TPSA) is 67.9 Å². The van der Waals surface area contributed by atoms with E-state index in [4.69, 9.17) is 9.47 Å². The first-order valence-corrected chi connectivity index (χ1v) is 9.41. The molecule has 1 aliphatic rings. The molecule has 6 nitrogen and oxygen atoms in total. The van der Waals surface area contributed by atoms with Crippen molar-refractivity contribution in [3.63, 3.8) is 0 Å². The summed E-state index contributed by atoms with van der Waals surface area (Å²) in [5, 5.41) is 2.97. The summed E-state index contributed by atoms with van der Waals surface area (Å²) >= 11 is 0. The summed E-state index contributed by atoms with van der Waals surface area (Å²) in [7, 11) is 3.20. The molecule has 1 N–H and O–H groups in total. The normalized spacial score (nSPS) is 16.2. The van der Waals surface area contributed by atoms with Crippen molar-refractivity contribution < 1.29 is 19.1 Å². The van der Waals surface area contributed by atoms with Crippen LogP contribution in [0.5, 0.6) is 11.5 Å². The second-order valence-corrected chi connectivity index (χ2v) is 6.88. The molecule has 0 aliphatic carbocycles. The monoisotopic (exact) mass is 382 g/mol. The maximum Gasteiger partial charge on any atom is 0.243 e. The van der Waals surface area contributed by atoms with Gasteiger partial charge in [-0.1, -0.05) is 23.8 Å². The molecule has 1 atom stereocenters. The Morgan fingerprint density at radius 2 is 1.82 bits per heavy atom. The van der Waals surface area contributed by atoms with Gasteiger partial charge in [-0.15, -0.1) is 0 Å². The molecule has 1 heterocycles. The lowest BCUT2D eigenvalue weighted by molar-refractivity contribution is -0.123. The van der Waals surface area contributed by atoms with Crippen LogP contribution >= 0.6 is 0 Å². The Morgan fingerprint density at radius 3 is 2.50 bits per heavy atom. The SMILES string of the molecule is COc1ccc(CCNC(=O)C2CCC(=O)N2c2ccc(C)cc2)cc1OC. The second-order valence-electron chi connectivity index (χ2n) is 6.88. The average molecular weight is 382 g/mol. The van der Waals surface area contributed by atoms with E-state index >= 15 is 0 Å². The van der Waals surface area contributed by atoms with Gasteiger partial charge in [0.2, 0.25) is 11.8 Å². The quantitative estimate of drug-likeness (QED) is 0.800. The number of carbonyl (C=O) groups excluding carboxylic acids is 2. The van der Waals surface area contributed by atoms with Crippen molar-refractivity contribution in [2.75, 3.05) is 25.7 Å². The number of nitrogens with one attached hydrogen (secondary N) is 1. The zero-order valence-electron chi connectivity index (χ0n) is 16.5. The number of nitrogens with zero attached hydrogens (tertiary/aromatic N) is 1. The molecule has 2 aromatic carbocycles. The molecule has 6 heteroatoms. The fourth-order valence-electron chi connectivity index (χ4n) is 3.45. The van der Waals surface area contributed by atoms with Gasteiger partial charge in [-0.3, -0.25) is 14.5 Å². The summed E-state index contributed by atoms with van der Waals surface area (Å²) in [5.74, 6) is 1.21. The number of amides is 2. The van der Waals surface area contributed by atoms with Crippen LogP contribution in [0.3, 0.4) is 0 Å². The minimum Gasteiger partial charge on any atom is -0.493 e. The summed E-state index contributed by atoms with van der Waals surface area (Å²) < 4.78 is 10.6. The van der Waals surface area contributed by atoms with Crippen molar-refractivity contribution in [3.8, 4) is 11.5 Å². The van der Waals surface area contributed by atoms with Crippen molar-refractivity contribution in [1.29, 1.82) is 0 Å². The van der Waals surface area contributed by atoms with Gasteiger partial charge in [-0.25, -0.2) is 0 Å². The molecular formula is C22H26N2O4. The molecule has 2 amide bonds. The summed E-state index contributed by atoms with van der Waals surface area (Å²) in [6.45, 7) is 2.48.